The predicted molar refractivity (Wildman–Crippen MR) is 66.7 cm³/mol. The van der Waals surface area contributed by atoms with Gasteiger partial charge in [-0.2, -0.15) is 0 Å². The molecule has 0 saturated carbocycles. The molecule has 1 aromatic carbocycles. The summed E-state index contributed by atoms with van der Waals surface area (Å²) in [6.45, 7) is 3.57. The van der Waals surface area contributed by atoms with E-state index in [0.717, 1.165) is 5.69 Å². The van der Waals surface area contributed by atoms with Gasteiger partial charge in [0.25, 0.3) is 0 Å². The van der Waals surface area contributed by atoms with E-state index >= 15 is 0 Å². The van der Waals surface area contributed by atoms with Gasteiger partial charge in [-0.3, -0.25) is 15.2 Å². The molecule has 1 aliphatic rings. The topological polar surface area (TPSA) is 58.6 Å². The first-order chi connectivity index (χ1) is 8.58. The molecule has 0 spiro atoms. The molecule has 1 aromatic rings. The van der Waals surface area contributed by atoms with Crippen molar-refractivity contribution in [2.45, 2.75) is 32.4 Å². The van der Waals surface area contributed by atoms with Crippen LogP contribution >= 0.6 is 0 Å². The molecule has 1 saturated heterocycles. The molecule has 0 bridgehead atoms. The maximum atomic E-state index is 11.9. The Hall–Kier alpha value is -2.04. The number of ether oxygens (including phenoxy) is 1. The number of benzene rings is 1. The van der Waals surface area contributed by atoms with Crippen molar-refractivity contribution in [3.8, 4) is 0 Å². The molecule has 1 N–H and O–H groups in total. The van der Waals surface area contributed by atoms with Crippen molar-refractivity contribution in [2.75, 3.05) is 5.01 Å². The first kappa shape index (κ1) is 12.4. The van der Waals surface area contributed by atoms with E-state index < -0.39 is 6.04 Å². The Balaban J connectivity index is 2.18. The lowest BCUT2D eigenvalue weighted by Gasteiger charge is -2.24. The number of rotatable bonds is 3. The van der Waals surface area contributed by atoms with E-state index in [0.29, 0.717) is 0 Å². The molecule has 1 fully saturated rings. The molecule has 5 nitrogen and oxygen atoms in total. The van der Waals surface area contributed by atoms with Crippen molar-refractivity contribution in [3.63, 3.8) is 0 Å². The highest BCUT2D eigenvalue weighted by atomic mass is 16.5. The summed E-state index contributed by atoms with van der Waals surface area (Å²) in [5.74, 6) is -0.559. The van der Waals surface area contributed by atoms with Gasteiger partial charge in [0.1, 0.15) is 0 Å². The first-order valence-corrected chi connectivity index (χ1v) is 5.92. The fraction of sp³-hybridized carbons (Fsp3) is 0.385. The normalized spacial score (nSPS) is 18.9. The number of nitrogens with zero attached hydrogens (tertiary/aromatic N) is 1. The lowest BCUT2D eigenvalue weighted by Crippen LogP contribution is -2.43. The summed E-state index contributed by atoms with van der Waals surface area (Å²) in [5.41, 5.74) is 3.44. The monoisotopic (exact) mass is 248 g/mol. The van der Waals surface area contributed by atoms with E-state index in [1.807, 2.05) is 30.3 Å². The van der Waals surface area contributed by atoms with E-state index in [9.17, 15) is 9.59 Å². The highest BCUT2D eigenvalue weighted by molar-refractivity contribution is 5.93. The van der Waals surface area contributed by atoms with Gasteiger partial charge in [-0.05, 0) is 26.0 Å². The number of nitrogens with one attached hydrogen (secondary N) is 1. The minimum absolute atomic E-state index is 0.125. The third-order valence-electron chi connectivity index (χ3n) is 2.59. The highest BCUT2D eigenvalue weighted by Gasteiger charge is 2.37. The molecule has 0 aromatic heterocycles. The zero-order valence-corrected chi connectivity index (χ0v) is 10.4. The number of hydrogen-bond acceptors (Lipinski definition) is 4. The molecule has 1 unspecified atom stereocenters. The molecule has 96 valence electrons. The zero-order chi connectivity index (χ0) is 13.1. The molecule has 1 heterocycles. The third-order valence-corrected chi connectivity index (χ3v) is 2.59. The molecule has 0 radical (unpaired) electrons. The summed E-state index contributed by atoms with van der Waals surface area (Å²) in [4.78, 5) is 23.4. The summed E-state index contributed by atoms with van der Waals surface area (Å²) in [5, 5.41) is 1.56. The van der Waals surface area contributed by atoms with Crippen molar-refractivity contribution in [1.82, 2.24) is 5.43 Å². The molecule has 0 aliphatic carbocycles. The molecule has 1 aliphatic heterocycles. The number of carbonyl (C=O) groups is 2. The van der Waals surface area contributed by atoms with Crippen LogP contribution in [0.5, 0.6) is 0 Å². The maximum Gasteiger partial charge on any atom is 0.331 e. The molecular weight excluding hydrogens is 232 g/mol. The van der Waals surface area contributed by atoms with Gasteiger partial charge in [0.15, 0.2) is 6.04 Å². The number of hydrogen-bond donors (Lipinski definition) is 1. The van der Waals surface area contributed by atoms with Crippen LogP contribution in [0.4, 0.5) is 5.69 Å². The van der Waals surface area contributed by atoms with Crippen LogP contribution in [-0.2, 0) is 14.3 Å². The van der Waals surface area contributed by atoms with Crippen LogP contribution < -0.4 is 10.4 Å². The number of esters is 1. The summed E-state index contributed by atoms with van der Waals surface area (Å²) < 4.78 is 5.16. The summed E-state index contributed by atoms with van der Waals surface area (Å²) in [7, 11) is 0. The van der Waals surface area contributed by atoms with Crippen LogP contribution in [0.25, 0.3) is 0 Å². The number of para-hydroxylation sites is 1. The number of amides is 1. The van der Waals surface area contributed by atoms with E-state index in [1.165, 1.54) is 0 Å². The van der Waals surface area contributed by atoms with Crippen molar-refractivity contribution >= 4 is 17.6 Å². The second kappa shape index (κ2) is 5.08. The summed E-state index contributed by atoms with van der Waals surface area (Å²) >= 11 is 0. The minimum atomic E-state index is -0.595. The van der Waals surface area contributed by atoms with Crippen LogP contribution in [0.1, 0.15) is 20.3 Å². The third kappa shape index (κ3) is 2.61. The van der Waals surface area contributed by atoms with Crippen LogP contribution in [0.15, 0.2) is 30.3 Å². The van der Waals surface area contributed by atoms with E-state index in [4.69, 9.17) is 4.74 Å². The van der Waals surface area contributed by atoms with Gasteiger partial charge in [-0.15, -0.1) is 0 Å². The van der Waals surface area contributed by atoms with Crippen molar-refractivity contribution in [1.29, 1.82) is 0 Å². The summed E-state index contributed by atoms with van der Waals surface area (Å²) in [6, 6.07) is 8.66. The van der Waals surface area contributed by atoms with Gasteiger partial charge in [-0.1, -0.05) is 18.2 Å². The zero-order valence-electron chi connectivity index (χ0n) is 10.4. The van der Waals surface area contributed by atoms with Crippen molar-refractivity contribution < 1.29 is 14.3 Å². The van der Waals surface area contributed by atoms with Gasteiger partial charge in [0, 0.05) is 0 Å². The highest BCUT2D eigenvalue weighted by Crippen LogP contribution is 2.21. The molecule has 18 heavy (non-hydrogen) atoms. The van der Waals surface area contributed by atoms with Crippen LogP contribution in [0, 0.1) is 0 Å². The maximum absolute atomic E-state index is 11.9. The van der Waals surface area contributed by atoms with Gasteiger partial charge in [0.2, 0.25) is 5.91 Å². The Morgan fingerprint density at radius 2 is 2.06 bits per heavy atom. The standard InChI is InChI=1S/C13H16N2O3/c1-9(2)18-13(17)11-8-12(16)14-15(11)10-6-4-3-5-7-10/h3-7,9,11H,8H2,1-2H3,(H,14,16). The van der Waals surface area contributed by atoms with Gasteiger partial charge in [-0.25, -0.2) is 4.79 Å². The molecule has 2 rings (SSSR count). The average Bonchev–Trinajstić information content (AvgIpc) is 2.72. The predicted octanol–water partition coefficient (Wildman–Crippen LogP) is 1.25. The first-order valence-electron chi connectivity index (χ1n) is 5.92. The fourth-order valence-electron chi connectivity index (χ4n) is 1.86. The summed E-state index contributed by atoms with van der Waals surface area (Å²) in [6.07, 6.45) is -0.0636. The van der Waals surface area contributed by atoms with Crippen molar-refractivity contribution in [3.05, 3.63) is 30.3 Å². The van der Waals surface area contributed by atoms with E-state index in [1.54, 1.807) is 18.9 Å². The van der Waals surface area contributed by atoms with Gasteiger partial charge >= 0.3 is 5.97 Å². The number of anilines is 1. The quantitative estimate of drug-likeness (QED) is 0.818. The van der Waals surface area contributed by atoms with Crippen LogP contribution in [-0.4, -0.2) is 24.0 Å². The molecule has 5 heteroatoms. The second-order valence-electron chi connectivity index (χ2n) is 4.45. The Morgan fingerprint density at radius 1 is 1.39 bits per heavy atom. The van der Waals surface area contributed by atoms with Gasteiger partial charge < -0.3 is 4.74 Å². The average molecular weight is 248 g/mol. The molecule has 1 atom stereocenters. The lowest BCUT2D eigenvalue weighted by molar-refractivity contribution is -0.149. The fourth-order valence-corrected chi connectivity index (χ4v) is 1.86. The number of carbonyl (C=O) groups excluding carboxylic acids is 2. The van der Waals surface area contributed by atoms with Crippen LogP contribution in [0.3, 0.4) is 0 Å². The van der Waals surface area contributed by atoms with Gasteiger partial charge in [0.05, 0.1) is 18.2 Å². The SMILES string of the molecule is CC(C)OC(=O)C1CC(=O)NN1c1ccccc1. The largest absolute Gasteiger partial charge is 0.461 e. The second-order valence-corrected chi connectivity index (χ2v) is 4.45. The smallest absolute Gasteiger partial charge is 0.331 e. The van der Waals surface area contributed by atoms with Crippen LogP contribution in [0.2, 0.25) is 0 Å². The molecular formula is C13H16N2O3. The molecule has 1 amide bonds. The minimum Gasteiger partial charge on any atom is -0.461 e. The Labute approximate surface area is 106 Å². The Bertz CT molecular complexity index is 445. The van der Waals surface area contributed by atoms with E-state index in [2.05, 4.69) is 5.43 Å². The Morgan fingerprint density at radius 3 is 2.67 bits per heavy atom. The van der Waals surface area contributed by atoms with E-state index in [-0.39, 0.29) is 24.4 Å². The lowest BCUT2D eigenvalue weighted by atomic mass is 10.2. The Kier molecular flexibility index (Phi) is 3.50. The van der Waals surface area contributed by atoms with Crippen molar-refractivity contribution in [2.24, 2.45) is 0 Å². The number of hydrazine groups is 1.